The molecule has 30 heavy (non-hydrogen) atoms. The zero-order valence-electron chi connectivity index (χ0n) is 16.8. The van der Waals surface area contributed by atoms with Crippen LogP contribution < -0.4 is 4.90 Å². The molecule has 0 aliphatic heterocycles. The minimum Gasteiger partial charge on any atom is -0.478 e. The summed E-state index contributed by atoms with van der Waals surface area (Å²) in [5, 5.41) is 9.02. The molecule has 0 bridgehead atoms. The number of halogens is 1. The molecule has 3 aromatic rings. The van der Waals surface area contributed by atoms with Crippen LogP contribution in [0.25, 0.3) is 11.1 Å². The minimum atomic E-state index is -0.953. The summed E-state index contributed by atoms with van der Waals surface area (Å²) in [6.45, 7) is 2.43. The smallest absolute Gasteiger partial charge is 0.335 e. The number of hydrogen-bond donors (Lipinski definition) is 1. The molecule has 0 atom stereocenters. The maximum atomic E-state index is 13.3. The van der Waals surface area contributed by atoms with Crippen LogP contribution in [0.2, 0.25) is 0 Å². The predicted octanol–water partition coefficient (Wildman–Crippen LogP) is 5.91. The first-order chi connectivity index (χ1) is 14.5. The molecule has 3 aromatic carbocycles. The summed E-state index contributed by atoms with van der Waals surface area (Å²) in [7, 11) is 0. The van der Waals surface area contributed by atoms with E-state index in [0.717, 1.165) is 29.5 Å². The normalized spacial score (nSPS) is 10.6. The molecule has 1 amide bonds. The van der Waals surface area contributed by atoms with Gasteiger partial charge >= 0.3 is 5.97 Å². The van der Waals surface area contributed by atoms with Gasteiger partial charge in [-0.05, 0) is 59.5 Å². The first-order valence-corrected chi connectivity index (χ1v) is 9.96. The van der Waals surface area contributed by atoms with E-state index in [1.54, 1.807) is 41.3 Å². The topological polar surface area (TPSA) is 57.6 Å². The lowest BCUT2D eigenvalue weighted by atomic mass is 10.0. The van der Waals surface area contributed by atoms with Crippen LogP contribution in [-0.2, 0) is 11.3 Å². The van der Waals surface area contributed by atoms with E-state index in [-0.39, 0.29) is 17.3 Å². The zero-order chi connectivity index (χ0) is 21.5. The maximum Gasteiger partial charge on any atom is 0.335 e. The van der Waals surface area contributed by atoms with E-state index in [1.807, 2.05) is 31.2 Å². The van der Waals surface area contributed by atoms with Crippen LogP contribution in [0.1, 0.15) is 42.1 Å². The third-order valence-corrected chi connectivity index (χ3v) is 4.94. The lowest BCUT2D eigenvalue weighted by Crippen LogP contribution is -2.30. The highest BCUT2D eigenvalue weighted by Gasteiger charge is 2.16. The lowest BCUT2D eigenvalue weighted by Gasteiger charge is -2.23. The van der Waals surface area contributed by atoms with Gasteiger partial charge in [0.1, 0.15) is 5.82 Å². The highest BCUT2D eigenvalue weighted by atomic mass is 19.1. The number of nitrogens with zero attached hydrogens (tertiary/aromatic N) is 1. The van der Waals surface area contributed by atoms with Crippen molar-refractivity contribution in [2.24, 2.45) is 0 Å². The average molecular weight is 405 g/mol. The summed E-state index contributed by atoms with van der Waals surface area (Å²) in [5.41, 5.74) is 3.75. The summed E-state index contributed by atoms with van der Waals surface area (Å²) in [6.07, 6.45) is 2.18. The van der Waals surface area contributed by atoms with Crippen molar-refractivity contribution in [3.05, 3.63) is 89.7 Å². The van der Waals surface area contributed by atoms with Crippen LogP contribution in [0.3, 0.4) is 0 Å². The fourth-order valence-electron chi connectivity index (χ4n) is 3.20. The Balaban J connectivity index is 1.79. The number of carbonyl (C=O) groups excluding carboxylic acids is 1. The molecule has 0 aromatic heterocycles. The number of anilines is 1. The van der Waals surface area contributed by atoms with Crippen molar-refractivity contribution in [1.82, 2.24) is 0 Å². The van der Waals surface area contributed by atoms with Crippen molar-refractivity contribution in [3.8, 4) is 11.1 Å². The Morgan fingerprint density at radius 3 is 1.97 bits per heavy atom. The van der Waals surface area contributed by atoms with Gasteiger partial charge in [-0.1, -0.05) is 49.7 Å². The Hall–Kier alpha value is -3.47. The van der Waals surface area contributed by atoms with E-state index in [4.69, 9.17) is 5.11 Å². The molecule has 0 unspecified atom stereocenters. The number of carboxylic acids is 1. The second kappa shape index (κ2) is 9.83. The molecule has 3 rings (SSSR count). The lowest BCUT2D eigenvalue weighted by molar-refractivity contribution is -0.118. The molecule has 0 spiro atoms. The molecule has 4 nitrogen and oxygen atoms in total. The Morgan fingerprint density at radius 1 is 0.867 bits per heavy atom. The van der Waals surface area contributed by atoms with Crippen molar-refractivity contribution in [2.45, 2.75) is 32.7 Å². The minimum absolute atomic E-state index is 0.0109. The molecular formula is C25H24FNO3. The number of unbranched alkanes of at least 4 members (excludes halogenated alkanes) is 1. The number of carbonyl (C=O) groups is 2. The summed E-state index contributed by atoms with van der Waals surface area (Å²) in [5.74, 6) is -1.28. The number of benzene rings is 3. The van der Waals surface area contributed by atoms with Crippen LogP contribution in [0.5, 0.6) is 0 Å². The Bertz CT molecular complexity index is 996. The number of rotatable bonds is 8. The van der Waals surface area contributed by atoms with Gasteiger partial charge in [0, 0.05) is 12.1 Å². The SMILES string of the molecule is CCCCC(=O)N(Cc1ccc(-c2ccc(C(=O)O)cc2)cc1)c1ccc(F)cc1. The summed E-state index contributed by atoms with van der Waals surface area (Å²) in [6, 6.07) is 20.5. The molecule has 1 N–H and O–H groups in total. The van der Waals surface area contributed by atoms with Gasteiger partial charge in [-0.25, -0.2) is 9.18 Å². The van der Waals surface area contributed by atoms with E-state index in [1.165, 1.54) is 12.1 Å². The molecule has 154 valence electrons. The first kappa shape index (κ1) is 21.2. The Kier molecular flexibility index (Phi) is 6.96. The molecule has 0 fully saturated rings. The third-order valence-electron chi connectivity index (χ3n) is 4.94. The van der Waals surface area contributed by atoms with Gasteiger partial charge < -0.3 is 10.0 Å². The molecular weight excluding hydrogens is 381 g/mol. The number of aromatic carboxylic acids is 1. The Labute approximate surface area is 175 Å². The molecule has 0 heterocycles. The molecule has 0 radical (unpaired) electrons. The summed E-state index contributed by atoms with van der Waals surface area (Å²) in [4.78, 5) is 25.4. The van der Waals surface area contributed by atoms with Crippen molar-refractivity contribution < 1.29 is 19.1 Å². The van der Waals surface area contributed by atoms with E-state index < -0.39 is 5.97 Å². The van der Waals surface area contributed by atoms with Crippen molar-refractivity contribution in [1.29, 1.82) is 0 Å². The van der Waals surface area contributed by atoms with Gasteiger partial charge in [0.15, 0.2) is 0 Å². The van der Waals surface area contributed by atoms with Crippen LogP contribution in [-0.4, -0.2) is 17.0 Å². The van der Waals surface area contributed by atoms with Gasteiger partial charge in [0.2, 0.25) is 5.91 Å². The standard InChI is InChI=1S/C25H24FNO3/c1-2-3-4-24(28)27(23-15-13-22(26)14-16-23)17-18-5-7-19(8-6-18)20-9-11-21(12-10-20)25(29)30/h5-16H,2-4,17H2,1H3,(H,29,30). The quantitative estimate of drug-likeness (QED) is 0.506. The highest BCUT2D eigenvalue weighted by molar-refractivity contribution is 5.93. The highest BCUT2D eigenvalue weighted by Crippen LogP contribution is 2.23. The van der Waals surface area contributed by atoms with Crippen molar-refractivity contribution >= 4 is 17.6 Å². The van der Waals surface area contributed by atoms with Gasteiger partial charge in [0.05, 0.1) is 12.1 Å². The summed E-state index contributed by atoms with van der Waals surface area (Å²) >= 11 is 0. The number of carboxylic acid groups (broad SMARTS) is 1. The second-order valence-corrected chi connectivity index (χ2v) is 7.14. The van der Waals surface area contributed by atoms with Gasteiger partial charge in [-0.3, -0.25) is 4.79 Å². The maximum absolute atomic E-state index is 13.3. The monoisotopic (exact) mass is 405 g/mol. The summed E-state index contributed by atoms with van der Waals surface area (Å²) < 4.78 is 13.3. The van der Waals surface area contributed by atoms with Gasteiger partial charge in [-0.15, -0.1) is 0 Å². The van der Waals surface area contributed by atoms with Crippen LogP contribution in [0.15, 0.2) is 72.8 Å². The molecule has 0 saturated heterocycles. The van der Waals surface area contributed by atoms with Crippen molar-refractivity contribution in [3.63, 3.8) is 0 Å². The van der Waals surface area contributed by atoms with E-state index in [2.05, 4.69) is 0 Å². The molecule has 5 heteroatoms. The first-order valence-electron chi connectivity index (χ1n) is 9.96. The average Bonchev–Trinajstić information content (AvgIpc) is 2.77. The molecule has 0 aliphatic rings. The fraction of sp³-hybridized carbons (Fsp3) is 0.200. The number of hydrogen-bond acceptors (Lipinski definition) is 2. The molecule has 0 saturated carbocycles. The van der Waals surface area contributed by atoms with Crippen molar-refractivity contribution in [2.75, 3.05) is 4.90 Å². The Morgan fingerprint density at radius 2 is 1.43 bits per heavy atom. The van der Waals surface area contributed by atoms with E-state index in [0.29, 0.717) is 18.7 Å². The third kappa shape index (κ3) is 5.32. The fourth-order valence-corrected chi connectivity index (χ4v) is 3.20. The van der Waals surface area contributed by atoms with E-state index in [9.17, 15) is 14.0 Å². The van der Waals surface area contributed by atoms with Gasteiger partial charge in [0.25, 0.3) is 0 Å². The number of amides is 1. The zero-order valence-corrected chi connectivity index (χ0v) is 16.8. The predicted molar refractivity (Wildman–Crippen MR) is 116 cm³/mol. The second-order valence-electron chi connectivity index (χ2n) is 7.14. The van der Waals surface area contributed by atoms with Gasteiger partial charge in [-0.2, -0.15) is 0 Å². The van der Waals surface area contributed by atoms with E-state index >= 15 is 0 Å². The molecule has 0 aliphatic carbocycles. The largest absolute Gasteiger partial charge is 0.478 e. The van der Waals surface area contributed by atoms with Crippen LogP contribution in [0.4, 0.5) is 10.1 Å². The van der Waals surface area contributed by atoms with Crippen LogP contribution in [0, 0.1) is 5.82 Å². The van der Waals surface area contributed by atoms with Crippen LogP contribution >= 0.6 is 0 Å².